The molecular formula is C14H18N2O3S2. The summed E-state index contributed by atoms with van der Waals surface area (Å²) in [7, 11) is 0. The lowest BCUT2D eigenvalue weighted by Crippen LogP contribution is -2.38. The van der Waals surface area contributed by atoms with E-state index in [1.165, 1.54) is 6.26 Å². The van der Waals surface area contributed by atoms with Crippen molar-refractivity contribution in [2.24, 2.45) is 0 Å². The minimum atomic E-state index is -0.103. The zero-order chi connectivity index (χ0) is 15.1. The van der Waals surface area contributed by atoms with Crippen LogP contribution in [0.15, 0.2) is 28.2 Å². The van der Waals surface area contributed by atoms with Gasteiger partial charge in [0.2, 0.25) is 11.8 Å². The standard InChI is InChI=1S/C14H18N2O3S2/c1-20-9-10(4-5-17)15-13(18)7-11-8-19-14(16-11)12-3-2-6-21-12/h2-3,6,8,10,17H,4-5,7,9H2,1H3,(H,15,18). The predicted molar refractivity (Wildman–Crippen MR) is 85.5 cm³/mol. The van der Waals surface area contributed by atoms with Crippen LogP contribution in [0.1, 0.15) is 12.1 Å². The van der Waals surface area contributed by atoms with Gasteiger partial charge in [0, 0.05) is 18.4 Å². The Labute approximate surface area is 131 Å². The molecule has 2 N–H and O–H groups in total. The van der Waals surface area contributed by atoms with Crippen molar-refractivity contribution in [1.29, 1.82) is 0 Å². The normalized spacial score (nSPS) is 12.3. The molecule has 21 heavy (non-hydrogen) atoms. The number of carbonyl (C=O) groups excluding carboxylic acids is 1. The van der Waals surface area contributed by atoms with Crippen molar-refractivity contribution < 1.29 is 14.3 Å². The van der Waals surface area contributed by atoms with Crippen molar-refractivity contribution in [3.8, 4) is 10.8 Å². The van der Waals surface area contributed by atoms with E-state index in [1.807, 2.05) is 23.8 Å². The lowest BCUT2D eigenvalue weighted by atomic mass is 10.2. The van der Waals surface area contributed by atoms with Crippen LogP contribution in [0.25, 0.3) is 10.8 Å². The molecule has 2 aromatic heterocycles. The fraction of sp³-hybridized carbons (Fsp3) is 0.429. The molecule has 7 heteroatoms. The lowest BCUT2D eigenvalue weighted by molar-refractivity contribution is -0.121. The summed E-state index contributed by atoms with van der Waals surface area (Å²) in [4.78, 5) is 17.3. The van der Waals surface area contributed by atoms with Gasteiger partial charge in [-0.05, 0) is 24.1 Å². The van der Waals surface area contributed by atoms with Gasteiger partial charge in [0.15, 0.2) is 0 Å². The molecule has 0 saturated heterocycles. The lowest BCUT2D eigenvalue weighted by Gasteiger charge is -2.16. The average Bonchev–Trinajstić information content (AvgIpc) is 3.09. The maximum Gasteiger partial charge on any atom is 0.236 e. The van der Waals surface area contributed by atoms with Gasteiger partial charge in [0.25, 0.3) is 0 Å². The van der Waals surface area contributed by atoms with Crippen molar-refractivity contribution in [2.75, 3.05) is 18.6 Å². The average molecular weight is 326 g/mol. The number of rotatable bonds is 8. The van der Waals surface area contributed by atoms with Crippen LogP contribution in [0.2, 0.25) is 0 Å². The Morgan fingerprint density at radius 2 is 2.48 bits per heavy atom. The van der Waals surface area contributed by atoms with Gasteiger partial charge in [0.05, 0.1) is 17.0 Å². The van der Waals surface area contributed by atoms with Crippen molar-refractivity contribution in [2.45, 2.75) is 18.9 Å². The third kappa shape index (κ3) is 4.87. The zero-order valence-corrected chi connectivity index (χ0v) is 13.4. The van der Waals surface area contributed by atoms with E-state index >= 15 is 0 Å². The van der Waals surface area contributed by atoms with E-state index < -0.39 is 0 Å². The largest absolute Gasteiger partial charge is 0.444 e. The molecule has 1 amide bonds. The van der Waals surface area contributed by atoms with E-state index in [1.54, 1.807) is 23.1 Å². The number of aliphatic hydroxyl groups excluding tert-OH is 1. The summed E-state index contributed by atoms with van der Waals surface area (Å²) >= 11 is 3.19. The number of aliphatic hydroxyl groups is 1. The monoisotopic (exact) mass is 326 g/mol. The minimum Gasteiger partial charge on any atom is -0.444 e. The summed E-state index contributed by atoms with van der Waals surface area (Å²) in [6.07, 6.45) is 4.24. The molecule has 0 aliphatic heterocycles. The highest BCUT2D eigenvalue weighted by atomic mass is 32.2. The quantitative estimate of drug-likeness (QED) is 0.777. The second-order valence-corrected chi connectivity index (χ2v) is 6.39. The van der Waals surface area contributed by atoms with Crippen LogP contribution < -0.4 is 5.32 Å². The van der Waals surface area contributed by atoms with Crippen LogP contribution in [0.4, 0.5) is 0 Å². The van der Waals surface area contributed by atoms with Gasteiger partial charge in [-0.25, -0.2) is 4.98 Å². The first kappa shape index (κ1) is 16.1. The van der Waals surface area contributed by atoms with Crippen LogP contribution in [0, 0.1) is 0 Å². The summed E-state index contributed by atoms with van der Waals surface area (Å²) in [6, 6.07) is 3.84. The van der Waals surface area contributed by atoms with Gasteiger partial charge in [-0.15, -0.1) is 11.3 Å². The number of oxazole rings is 1. The Balaban J connectivity index is 1.90. The summed E-state index contributed by atoms with van der Waals surface area (Å²) in [5.41, 5.74) is 0.614. The Morgan fingerprint density at radius 1 is 1.62 bits per heavy atom. The van der Waals surface area contributed by atoms with Gasteiger partial charge in [-0.2, -0.15) is 11.8 Å². The molecule has 2 rings (SSSR count). The third-order valence-corrected chi connectivity index (χ3v) is 4.43. The molecule has 0 aliphatic rings. The second-order valence-electron chi connectivity index (χ2n) is 4.53. The zero-order valence-electron chi connectivity index (χ0n) is 11.7. The number of thioether (sulfide) groups is 1. The number of aromatic nitrogens is 1. The topological polar surface area (TPSA) is 75.4 Å². The number of nitrogens with zero attached hydrogens (tertiary/aromatic N) is 1. The van der Waals surface area contributed by atoms with E-state index in [2.05, 4.69) is 10.3 Å². The molecule has 0 saturated carbocycles. The van der Waals surface area contributed by atoms with E-state index in [0.29, 0.717) is 18.0 Å². The van der Waals surface area contributed by atoms with Crippen LogP contribution >= 0.6 is 23.1 Å². The van der Waals surface area contributed by atoms with Gasteiger partial charge < -0.3 is 14.8 Å². The van der Waals surface area contributed by atoms with E-state index in [0.717, 1.165) is 10.6 Å². The van der Waals surface area contributed by atoms with Crippen LogP contribution in [0.5, 0.6) is 0 Å². The van der Waals surface area contributed by atoms with Gasteiger partial charge in [-0.3, -0.25) is 4.79 Å². The third-order valence-electron chi connectivity index (χ3n) is 2.84. The van der Waals surface area contributed by atoms with E-state index in [-0.39, 0.29) is 25.0 Å². The molecule has 5 nitrogen and oxygen atoms in total. The minimum absolute atomic E-state index is 0.0128. The fourth-order valence-corrected chi connectivity index (χ4v) is 3.21. The summed E-state index contributed by atoms with van der Waals surface area (Å²) in [5.74, 6) is 1.23. The number of thiophene rings is 1. The Hall–Kier alpha value is -1.31. The van der Waals surface area contributed by atoms with Gasteiger partial charge in [-0.1, -0.05) is 6.07 Å². The number of carbonyl (C=O) groups is 1. The van der Waals surface area contributed by atoms with Crippen molar-refractivity contribution in [3.63, 3.8) is 0 Å². The first-order valence-corrected chi connectivity index (χ1v) is 8.87. The fourth-order valence-electron chi connectivity index (χ4n) is 1.90. The number of hydrogen-bond donors (Lipinski definition) is 2. The molecule has 114 valence electrons. The van der Waals surface area contributed by atoms with Gasteiger partial charge >= 0.3 is 0 Å². The molecule has 1 atom stereocenters. The van der Waals surface area contributed by atoms with E-state index in [4.69, 9.17) is 9.52 Å². The maximum absolute atomic E-state index is 12.0. The number of hydrogen-bond acceptors (Lipinski definition) is 6. The van der Waals surface area contributed by atoms with Crippen LogP contribution in [-0.4, -0.2) is 40.7 Å². The molecule has 0 radical (unpaired) electrons. The molecule has 0 fully saturated rings. The molecule has 0 spiro atoms. The first-order chi connectivity index (χ1) is 10.2. The van der Waals surface area contributed by atoms with Crippen molar-refractivity contribution in [1.82, 2.24) is 10.3 Å². The van der Waals surface area contributed by atoms with Crippen LogP contribution in [-0.2, 0) is 11.2 Å². The molecule has 0 aliphatic carbocycles. The van der Waals surface area contributed by atoms with Gasteiger partial charge in [0.1, 0.15) is 6.26 Å². The molecule has 0 aromatic carbocycles. The second kappa shape index (κ2) is 8.21. The smallest absolute Gasteiger partial charge is 0.236 e. The summed E-state index contributed by atoms with van der Waals surface area (Å²) in [6.45, 7) is 0.0675. The molecule has 2 aromatic rings. The molecule has 0 bridgehead atoms. The van der Waals surface area contributed by atoms with Crippen molar-refractivity contribution in [3.05, 3.63) is 29.5 Å². The molecule has 1 unspecified atom stereocenters. The first-order valence-electron chi connectivity index (χ1n) is 6.60. The van der Waals surface area contributed by atoms with Crippen LogP contribution in [0.3, 0.4) is 0 Å². The van der Waals surface area contributed by atoms with E-state index in [9.17, 15) is 4.79 Å². The predicted octanol–water partition coefficient (Wildman–Crippen LogP) is 2.18. The summed E-state index contributed by atoms with van der Waals surface area (Å²) < 4.78 is 5.39. The molecule has 2 heterocycles. The Kier molecular flexibility index (Phi) is 6.28. The number of amides is 1. The highest BCUT2D eigenvalue weighted by molar-refractivity contribution is 7.98. The Bertz CT molecular complexity index is 548. The van der Waals surface area contributed by atoms with Crippen molar-refractivity contribution >= 4 is 29.0 Å². The SMILES string of the molecule is CSCC(CCO)NC(=O)Cc1coc(-c2cccs2)n1. The summed E-state index contributed by atoms with van der Waals surface area (Å²) in [5, 5.41) is 13.9. The maximum atomic E-state index is 12.0. The molecular weight excluding hydrogens is 308 g/mol. The number of nitrogens with one attached hydrogen (secondary N) is 1. The highest BCUT2D eigenvalue weighted by Crippen LogP contribution is 2.23. The highest BCUT2D eigenvalue weighted by Gasteiger charge is 2.14. The Morgan fingerprint density at radius 3 is 3.14 bits per heavy atom.